The molecule has 0 aromatic carbocycles. The van der Waals surface area contributed by atoms with Crippen molar-refractivity contribution in [2.24, 2.45) is 0 Å². The molecule has 1 aliphatic carbocycles. The second kappa shape index (κ2) is 4.37. The Bertz CT molecular complexity index is 759. The van der Waals surface area contributed by atoms with Crippen LogP contribution in [0.5, 0.6) is 0 Å². The molecule has 20 heavy (non-hydrogen) atoms. The van der Waals surface area contributed by atoms with E-state index in [1.54, 1.807) is 12.4 Å². The van der Waals surface area contributed by atoms with Gasteiger partial charge in [0.05, 0.1) is 11.2 Å². The molecule has 1 aliphatic rings. The predicted octanol–water partition coefficient (Wildman–Crippen LogP) is 2.79. The normalized spacial score (nSPS) is 14.8. The standard InChI is InChI=1S/C15H15N5/c1-2-20-8-12(10-3-4-10)15-14(20)5-13(18-19-15)11-6-16-9-17-7-11/h5-10H,2-4H2,1H3. The first-order valence-electron chi connectivity index (χ1n) is 6.98. The third-order valence-corrected chi connectivity index (χ3v) is 3.87. The second-order valence-corrected chi connectivity index (χ2v) is 5.24. The monoisotopic (exact) mass is 265 g/mol. The number of fused-ring (bicyclic) bond motifs is 1. The van der Waals surface area contributed by atoms with Crippen LogP contribution in [0.25, 0.3) is 22.3 Å². The number of rotatable bonds is 3. The van der Waals surface area contributed by atoms with E-state index in [2.05, 4.69) is 43.9 Å². The molecule has 0 saturated heterocycles. The van der Waals surface area contributed by atoms with E-state index in [-0.39, 0.29) is 0 Å². The van der Waals surface area contributed by atoms with E-state index in [9.17, 15) is 0 Å². The van der Waals surface area contributed by atoms with Gasteiger partial charge in [-0.05, 0) is 31.7 Å². The maximum absolute atomic E-state index is 4.46. The maximum atomic E-state index is 4.46. The van der Waals surface area contributed by atoms with Gasteiger partial charge in [0, 0.05) is 36.3 Å². The minimum absolute atomic E-state index is 0.686. The van der Waals surface area contributed by atoms with Crippen molar-refractivity contribution in [3.05, 3.63) is 36.5 Å². The van der Waals surface area contributed by atoms with Crippen LogP contribution in [0.2, 0.25) is 0 Å². The Labute approximate surface area is 116 Å². The third-order valence-electron chi connectivity index (χ3n) is 3.87. The Morgan fingerprint density at radius 1 is 1.20 bits per heavy atom. The van der Waals surface area contributed by atoms with Gasteiger partial charge >= 0.3 is 0 Å². The average Bonchev–Trinajstić information content (AvgIpc) is 3.29. The zero-order chi connectivity index (χ0) is 13.5. The van der Waals surface area contributed by atoms with E-state index in [0.29, 0.717) is 5.92 Å². The number of aromatic nitrogens is 5. The Kier molecular flexibility index (Phi) is 2.52. The largest absolute Gasteiger partial charge is 0.346 e. The summed E-state index contributed by atoms with van der Waals surface area (Å²) in [7, 11) is 0. The molecule has 0 radical (unpaired) electrons. The summed E-state index contributed by atoms with van der Waals surface area (Å²) < 4.78 is 2.25. The van der Waals surface area contributed by atoms with Gasteiger partial charge in [0.25, 0.3) is 0 Å². The Morgan fingerprint density at radius 2 is 2.00 bits per heavy atom. The van der Waals surface area contributed by atoms with Crippen LogP contribution < -0.4 is 0 Å². The topological polar surface area (TPSA) is 56.5 Å². The van der Waals surface area contributed by atoms with Crippen LogP contribution >= 0.6 is 0 Å². The van der Waals surface area contributed by atoms with Gasteiger partial charge in [-0.25, -0.2) is 9.97 Å². The van der Waals surface area contributed by atoms with Crippen molar-refractivity contribution in [2.45, 2.75) is 32.2 Å². The summed E-state index contributed by atoms with van der Waals surface area (Å²) in [5, 5.41) is 8.81. The highest BCUT2D eigenvalue weighted by molar-refractivity contribution is 5.83. The lowest BCUT2D eigenvalue weighted by atomic mass is 10.2. The molecule has 4 rings (SSSR count). The summed E-state index contributed by atoms with van der Waals surface area (Å²) >= 11 is 0. The fourth-order valence-corrected chi connectivity index (χ4v) is 2.63. The molecule has 0 atom stereocenters. The summed E-state index contributed by atoms with van der Waals surface area (Å²) in [6, 6.07) is 2.09. The Morgan fingerprint density at radius 3 is 2.70 bits per heavy atom. The van der Waals surface area contributed by atoms with Gasteiger partial charge in [-0.3, -0.25) is 0 Å². The van der Waals surface area contributed by atoms with E-state index in [4.69, 9.17) is 0 Å². The maximum Gasteiger partial charge on any atom is 0.115 e. The highest BCUT2D eigenvalue weighted by Gasteiger charge is 2.28. The van der Waals surface area contributed by atoms with Crippen molar-refractivity contribution >= 4 is 11.0 Å². The van der Waals surface area contributed by atoms with E-state index < -0.39 is 0 Å². The first kappa shape index (κ1) is 11.5. The first-order chi connectivity index (χ1) is 9.86. The fourth-order valence-electron chi connectivity index (χ4n) is 2.63. The molecule has 100 valence electrons. The van der Waals surface area contributed by atoms with Crippen molar-refractivity contribution < 1.29 is 0 Å². The van der Waals surface area contributed by atoms with Crippen LogP contribution in [0, 0.1) is 0 Å². The fraction of sp³-hybridized carbons (Fsp3) is 0.333. The summed E-state index contributed by atoms with van der Waals surface area (Å²) in [5.41, 5.74) is 5.29. The van der Waals surface area contributed by atoms with Crippen LogP contribution in [0.15, 0.2) is 31.0 Å². The van der Waals surface area contributed by atoms with E-state index in [1.807, 2.05) is 0 Å². The molecule has 5 heteroatoms. The number of hydrogen-bond acceptors (Lipinski definition) is 4. The first-order valence-corrected chi connectivity index (χ1v) is 6.98. The Hall–Kier alpha value is -2.30. The summed E-state index contributed by atoms with van der Waals surface area (Å²) in [6.07, 6.45) is 9.85. The van der Waals surface area contributed by atoms with Gasteiger partial charge in [-0.15, -0.1) is 10.2 Å². The molecule has 3 aromatic heterocycles. The number of nitrogens with zero attached hydrogens (tertiary/aromatic N) is 5. The van der Waals surface area contributed by atoms with Crippen LogP contribution in [-0.2, 0) is 6.54 Å². The van der Waals surface area contributed by atoms with Gasteiger partial charge in [0.2, 0.25) is 0 Å². The smallest absolute Gasteiger partial charge is 0.115 e. The van der Waals surface area contributed by atoms with Gasteiger partial charge in [-0.2, -0.15) is 0 Å². The molecule has 5 nitrogen and oxygen atoms in total. The highest BCUT2D eigenvalue weighted by atomic mass is 15.1. The SMILES string of the molecule is CCn1cc(C2CC2)c2nnc(-c3cncnc3)cc21. The third kappa shape index (κ3) is 1.78. The van der Waals surface area contributed by atoms with Crippen molar-refractivity contribution in [3.8, 4) is 11.3 Å². The molecule has 0 aliphatic heterocycles. The van der Waals surface area contributed by atoms with Gasteiger partial charge < -0.3 is 4.57 Å². The van der Waals surface area contributed by atoms with E-state index in [1.165, 1.54) is 24.7 Å². The average molecular weight is 265 g/mol. The zero-order valence-corrected chi connectivity index (χ0v) is 11.3. The predicted molar refractivity (Wildman–Crippen MR) is 76.2 cm³/mol. The molecule has 0 N–H and O–H groups in total. The molecular weight excluding hydrogens is 250 g/mol. The van der Waals surface area contributed by atoms with E-state index in [0.717, 1.165) is 28.8 Å². The lowest BCUT2D eigenvalue weighted by molar-refractivity contribution is 0.791. The molecule has 3 aromatic rings. The number of aryl methyl sites for hydroxylation is 1. The molecular formula is C15H15N5. The van der Waals surface area contributed by atoms with Gasteiger partial charge in [-0.1, -0.05) is 0 Å². The highest BCUT2D eigenvalue weighted by Crippen LogP contribution is 2.43. The lowest BCUT2D eigenvalue weighted by Gasteiger charge is -2.02. The molecule has 1 saturated carbocycles. The molecule has 0 spiro atoms. The summed E-state index contributed by atoms with van der Waals surface area (Å²) in [5.74, 6) is 0.686. The van der Waals surface area contributed by atoms with Crippen molar-refractivity contribution in [1.29, 1.82) is 0 Å². The van der Waals surface area contributed by atoms with E-state index >= 15 is 0 Å². The summed E-state index contributed by atoms with van der Waals surface area (Å²) in [6.45, 7) is 3.10. The second-order valence-electron chi connectivity index (χ2n) is 5.24. The number of hydrogen-bond donors (Lipinski definition) is 0. The van der Waals surface area contributed by atoms with Crippen molar-refractivity contribution in [3.63, 3.8) is 0 Å². The minimum atomic E-state index is 0.686. The molecule has 3 heterocycles. The van der Waals surface area contributed by atoms with Crippen LogP contribution in [0.3, 0.4) is 0 Å². The molecule has 0 unspecified atom stereocenters. The van der Waals surface area contributed by atoms with Crippen molar-refractivity contribution in [2.75, 3.05) is 0 Å². The van der Waals surface area contributed by atoms with Gasteiger partial charge in [0.1, 0.15) is 11.8 Å². The molecule has 0 amide bonds. The van der Waals surface area contributed by atoms with Gasteiger partial charge in [0.15, 0.2) is 0 Å². The van der Waals surface area contributed by atoms with Crippen LogP contribution in [-0.4, -0.2) is 24.7 Å². The van der Waals surface area contributed by atoms with Crippen LogP contribution in [0.4, 0.5) is 0 Å². The van der Waals surface area contributed by atoms with Crippen LogP contribution in [0.1, 0.15) is 31.2 Å². The lowest BCUT2D eigenvalue weighted by Crippen LogP contribution is -1.94. The molecule has 0 bridgehead atoms. The van der Waals surface area contributed by atoms with Crippen molar-refractivity contribution in [1.82, 2.24) is 24.7 Å². The summed E-state index contributed by atoms with van der Waals surface area (Å²) in [4.78, 5) is 8.08. The zero-order valence-electron chi connectivity index (χ0n) is 11.3. The quantitative estimate of drug-likeness (QED) is 0.730. The minimum Gasteiger partial charge on any atom is -0.346 e. The molecule has 1 fully saturated rings. The Balaban J connectivity index is 1.90.